The largest absolute Gasteiger partial charge is 0.383 e. The SMILES string of the molecule is CC1(C)CNc2ccc(Br)cc2S(=O)(=O)C1. The molecule has 88 valence electrons. The number of sulfone groups is 1. The molecular formula is C11H14BrNO2S. The molecule has 0 saturated carbocycles. The highest BCUT2D eigenvalue weighted by molar-refractivity contribution is 9.10. The first-order valence-corrected chi connectivity index (χ1v) is 7.51. The van der Waals surface area contributed by atoms with Crippen LogP contribution in [0.5, 0.6) is 0 Å². The molecule has 0 atom stereocenters. The highest BCUT2D eigenvalue weighted by atomic mass is 79.9. The minimum atomic E-state index is -3.20. The predicted octanol–water partition coefficient (Wildman–Crippen LogP) is 2.67. The van der Waals surface area contributed by atoms with E-state index in [1.54, 1.807) is 12.1 Å². The molecule has 1 aliphatic heterocycles. The molecule has 1 aromatic rings. The average molecular weight is 304 g/mol. The van der Waals surface area contributed by atoms with Gasteiger partial charge in [-0.2, -0.15) is 0 Å². The molecule has 2 rings (SSSR count). The topological polar surface area (TPSA) is 46.2 Å². The van der Waals surface area contributed by atoms with E-state index in [2.05, 4.69) is 21.2 Å². The van der Waals surface area contributed by atoms with Crippen LogP contribution >= 0.6 is 15.9 Å². The van der Waals surface area contributed by atoms with Gasteiger partial charge in [-0.3, -0.25) is 0 Å². The number of anilines is 1. The highest BCUT2D eigenvalue weighted by Crippen LogP contribution is 2.33. The van der Waals surface area contributed by atoms with E-state index in [4.69, 9.17) is 0 Å². The van der Waals surface area contributed by atoms with Gasteiger partial charge in [0, 0.05) is 11.0 Å². The van der Waals surface area contributed by atoms with E-state index in [0.29, 0.717) is 17.1 Å². The van der Waals surface area contributed by atoms with E-state index in [9.17, 15) is 8.42 Å². The lowest BCUT2D eigenvalue weighted by atomic mass is 9.96. The van der Waals surface area contributed by atoms with Crippen molar-refractivity contribution in [3.8, 4) is 0 Å². The van der Waals surface area contributed by atoms with Crippen LogP contribution in [0.3, 0.4) is 0 Å². The second-order valence-corrected chi connectivity index (χ2v) is 7.79. The number of nitrogens with one attached hydrogen (secondary N) is 1. The molecule has 1 aromatic carbocycles. The Morgan fingerprint density at radius 3 is 2.75 bits per heavy atom. The number of rotatable bonds is 0. The monoisotopic (exact) mass is 303 g/mol. The van der Waals surface area contributed by atoms with Crippen molar-refractivity contribution in [3.05, 3.63) is 22.7 Å². The quantitative estimate of drug-likeness (QED) is 0.801. The molecular weight excluding hydrogens is 290 g/mol. The zero-order chi connectivity index (χ0) is 12.0. The predicted molar refractivity (Wildman–Crippen MR) is 68.5 cm³/mol. The molecule has 0 radical (unpaired) electrons. The number of hydrogen-bond donors (Lipinski definition) is 1. The van der Waals surface area contributed by atoms with Gasteiger partial charge in [0.2, 0.25) is 0 Å². The minimum absolute atomic E-state index is 0.177. The number of hydrogen-bond acceptors (Lipinski definition) is 3. The van der Waals surface area contributed by atoms with Crippen molar-refractivity contribution < 1.29 is 8.42 Å². The molecule has 0 aliphatic carbocycles. The molecule has 0 fully saturated rings. The first-order chi connectivity index (χ1) is 7.30. The van der Waals surface area contributed by atoms with Crippen LogP contribution in [0, 0.1) is 5.41 Å². The van der Waals surface area contributed by atoms with Crippen LogP contribution in [0.2, 0.25) is 0 Å². The van der Waals surface area contributed by atoms with Crippen molar-refractivity contribution >= 4 is 31.5 Å². The fourth-order valence-corrected chi connectivity index (χ4v) is 4.46. The molecule has 0 bridgehead atoms. The van der Waals surface area contributed by atoms with Crippen LogP contribution in [0.15, 0.2) is 27.6 Å². The van der Waals surface area contributed by atoms with E-state index in [-0.39, 0.29) is 11.2 Å². The Hall–Kier alpha value is -0.550. The smallest absolute Gasteiger partial charge is 0.181 e. The molecule has 1 N–H and O–H groups in total. The van der Waals surface area contributed by atoms with Gasteiger partial charge in [-0.1, -0.05) is 29.8 Å². The van der Waals surface area contributed by atoms with E-state index in [1.807, 2.05) is 19.9 Å². The standard InChI is InChI=1S/C11H14BrNO2S/c1-11(2)6-13-9-4-3-8(12)5-10(9)16(14,15)7-11/h3-5,13H,6-7H2,1-2H3. The summed E-state index contributed by atoms with van der Waals surface area (Å²) in [5, 5.41) is 3.20. The maximum atomic E-state index is 12.2. The highest BCUT2D eigenvalue weighted by Gasteiger charge is 2.32. The Bertz CT molecular complexity index is 523. The van der Waals surface area contributed by atoms with E-state index < -0.39 is 9.84 Å². The fourth-order valence-electron chi connectivity index (χ4n) is 1.88. The molecule has 16 heavy (non-hydrogen) atoms. The normalized spacial score (nSPS) is 21.7. The molecule has 0 saturated heterocycles. The van der Waals surface area contributed by atoms with Gasteiger partial charge in [-0.25, -0.2) is 8.42 Å². The Morgan fingerprint density at radius 1 is 1.38 bits per heavy atom. The number of benzene rings is 1. The van der Waals surface area contributed by atoms with Crippen LogP contribution in [0.4, 0.5) is 5.69 Å². The third-order valence-electron chi connectivity index (χ3n) is 2.62. The summed E-state index contributed by atoms with van der Waals surface area (Å²) < 4.78 is 25.2. The van der Waals surface area contributed by atoms with Crippen molar-refractivity contribution in [2.24, 2.45) is 5.41 Å². The maximum Gasteiger partial charge on any atom is 0.181 e. The minimum Gasteiger partial charge on any atom is -0.383 e. The average Bonchev–Trinajstić information content (AvgIpc) is 2.21. The molecule has 1 heterocycles. The van der Waals surface area contributed by atoms with Crippen molar-refractivity contribution in [2.45, 2.75) is 18.7 Å². The zero-order valence-electron chi connectivity index (χ0n) is 9.25. The van der Waals surface area contributed by atoms with Gasteiger partial charge < -0.3 is 5.32 Å². The molecule has 0 aromatic heterocycles. The lowest BCUT2D eigenvalue weighted by Crippen LogP contribution is -2.28. The van der Waals surface area contributed by atoms with Crippen molar-refractivity contribution in [2.75, 3.05) is 17.6 Å². The van der Waals surface area contributed by atoms with Gasteiger partial charge in [0.15, 0.2) is 9.84 Å². The van der Waals surface area contributed by atoms with Gasteiger partial charge in [-0.05, 0) is 23.6 Å². The van der Waals surface area contributed by atoms with Crippen LogP contribution in [0.1, 0.15) is 13.8 Å². The first kappa shape index (κ1) is 11.9. The Kier molecular flexibility index (Phi) is 2.78. The van der Waals surface area contributed by atoms with Crippen molar-refractivity contribution in [1.82, 2.24) is 0 Å². The Balaban J connectivity index is 2.60. The van der Waals surface area contributed by atoms with E-state index in [0.717, 1.165) is 4.47 Å². The lowest BCUT2D eigenvalue weighted by Gasteiger charge is -2.20. The Labute approximate surface area is 104 Å². The van der Waals surface area contributed by atoms with Crippen LogP contribution in [0.25, 0.3) is 0 Å². The van der Waals surface area contributed by atoms with E-state index >= 15 is 0 Å². The molecule has 0 unspecified atom stereocenters. The summed E-state index contributed by atoms with van der Waals surface area (Å²) >= 11 is 3.30. The van der Waals surface area contributed by atoms with E-state index in [1.165, 1.54) is 0 Å². The zero-order valence-corrected chi connectivity index (χ0v) is 11.7. The molecule has 0 amide bonds. The fraction of sp³-hybridized carbons (Fsp3) is 0.455. The summed E-state index contributed by atoms with van der Waals surface area (Å²) in [6.45, 7) is 4.58. The first-order valence-electron chi connectivity index (χ1n) is 5.06. The van der Waals surface area contributed by atoms with Gasteiger partial charge in [-0.15, -0.1) is 0 Å². The summed E-state index contributed by atoms with van der Waals surface area (Å²) in [7, 11) is -3.20. The van der Waals surface area contributed by atoms with Gasteiger partial charge >= 0.3 is 0 Å². The summed E-state index contributed by atoms with van der Waals surface area (Å²) in [4.78, 5) is 0.396. The summed E-state index contributed by atoms with van der Waals surface area (Å²) in [6.07, 6.45) is 0. The van der Waals surface area contributed by atoms with Gasteiger partial charge in [0.1, 0.15) is 0 Å². The van der Waals surface area contributed by atoms with Crippen LogP contribution < -0.4 is 5.32 Å². The summed E-state index contributed by atoms with van der Waals surface area (Å²) in [6, 6.07) is 5.32. The lowest BCUT2D eigenvalue weighted by molar-refractivity contribution is 0.442. The number of fused-ring (bicyclic) bond motifs is 1. The molecule has 5 heteroatoms. The number of halogens is 1. The molecule has 0 spiro atoms. The third-order valence-corrected chi connectivity index (χ3v) is 5.28. The van der Waals surface area contributed by atoms with Crippen LogP contribution in [-0.4, -0.2) is 20.7 Å². The van der Waals surface area contributed by atoms with Crippen molar-refractivity contribution in [1.29, 1.82) is 0 Å². The third kappa shape index (κ3) is 2.25. The summed E-state index contributed by atoms with van der Waals surface area (Å²) in [5.74, 6) is 0.177. The van der Waals surface area contributed by atoms with Crippen molar-refractivity contribution in [3.63, 3.8) is 0 Å². The molecule has 1 aliphatic rings. The maximum absolute atomic E-state index is 12.2. The van der Waals surface area contributed by atoms with Crippen LogP contribution in [-0.2, 0) is 9.84 Å². The molecule has 3 nitrogen and oxygen atoms in total. The Morgan fingerprint density at radius 2 is 2.06 bits per heavy atom. The van der Waals surface area contributed by atoms with Gasteiger partial charge in [0.05, 0.1) is 16.3 Å². The second-order valence-electron chi connectivity index (χ2n) is 4.92. The summed E-state index contributed by atoms with van der Waals surface area (Å²) in [5.41, 5.74) is 0.457. The second kappa shape index (κ2) is 3.74. The van der Waals surface area contributed by atoms with Gasteiger partial charge in [0.25, 0.3) is 0 Å².